The Morgan fingerprint density at radius 3 is 2.41 bits per heavy atom. The molecular weight excluding hydrogens is 280 g/mol. The van der Waals surface area contributed by atoms with Crippen molar-refractivity contribution in [2.75, 3.05) is 7.11 Å². The van der Waals surface area contributed by atoms with Gasteiger partial charge in [-0.2, -0.15) is 0 Å². The molecule has 1 aliphatic carbocycles. The number of ether oxygens (including phenoxy) is 1. The lowest BCUT2D eigenvalue weighted by Crippen LogP contribution is -2.08. The maximum atomic E-state index is 12.3. The van der Waals surface area contributed by atoms with Crippen LogP contribution < -0.4 is 4.74 Å². The summed E-state index contributed by atoms with van der Waals surface area (Å²) in [6, 6.07) is 7.29. The van der Waals surface area contributed by atoms with Crippen molar-refractivity contribution < 1.29 is 9.53 Å². The van der Waals surface area contributed by atoms with E-state index in [0.29, 0.717) is 0 Å². The van der Waals surface area contributed by atoms with Crippen LogP contribution in [0.1, 0.15) is 36.0 Å². The molecule has 1 aromatic rings. The zero-order chi connectivity index (χ0) is 12.3. The van der Waals surface area contributed by atoms with E-state index in [0.717, 1.165) is 40.6 Å². The minimum absolute atomic E-state index is 0.138. The van der Waals surface area contributed by atoms with Gasteiger partial charge < -0.3 is 4.74 Å². The molecule has 1 aliphatic rings. The first-order valence-corrected chi connectivity index (χ1v) is 6.58. The summed E-state index contributed by atoms with van der Waals surface area (Å²) in [5, 5.41) is 0. The smallest absolute Gasteiger partial charge is 0.189 e. The van der Waals surface area contributed by atoms with Crippen molar-refractivity contribution in [3.05, 3.63) is 39.9 Å². The molecule has 0 saturated carbocycles. The quantitative estimate of drug-likeness (QED) is 0.785. The van der Waals surface area contributed by atoms with E-state index in [9.17, 15) is 4.79 Å². The number of hydrogen-bond donors (Lipinski definition) is 0. The molecule has 0 aliphatic heterocycles. The Balaban J connectivity index is 2.24. The molecule has 0 fully saturated rings. The summed E-state index contributed by atoms with van der Waals surface area (Å²) in [5.41, 5.74) is 1.67. The van der Waals surface area contributed by atoms with Gasteiger partial charge in [-0.1, -0.05) is 15.9 Å². The van der Waals surface area contributed by atoms with Crippen molar-refractivity contribution in [1.82, 2.24) is 0 Å². The molecule has 0 N–H and O–H groups in total. The van der Waals surface area contributed by atoms with E-state index >= 15 is 0 Å². The maximum absolute atomic E-state index is 12.3. The standard InChI is InChI=1S/C14H15BrO2/c1-17-11-8-6-10(7-9-11)14(16)12-4-2-3-5-13(12)15/h6-9H,2-5H2,1H3. The number of carbonyl (C=O) groups excluding carboxylic acids is 1. The van der Waals surface area contributed by atoms with Gasteiger partial charge in [-0.15, -0.1) is 0 Å². The van der Waals surface area contributed by atoms with Crippen molar-refractivity contribution in [3.63, 3.8) is 0 Å². The summed E-state index contributed by atoms with van der Waals surface area (Å²) < 4.78 is 6.16. The third kappa shape index (κ3) is 2.78. The van der Waals surface area contributed by atoms with Crippen LogP contribution in [0.2, 0.25) is 0 Å². The third-order valence-corrected chi connectivity index (χ3v) is 3.90. The SMILES string of the molecule is COc1ccc(C(=O)C2=C(Br)CCCC2)cc1. The summed E-state index contributed by atoms with van der Waals surface area (Å²) >= 11 is 3.51. The molecule has 0 saturated heterocycles. The van der Waals surface area contributed by atoms with Crippen LogP contribution in [0, 0.1) is 0 Å². The van der Waals surface area contributed by atoms with E-state index in [1.54, 1.807) is 7.11 Å². The van der Waals surface area contributed by atoms with Crippen LogP contribution in [0.25, 0.3) is 0 Å². The molecule has 2 rings (SSSR count). The normalized spacial score (nSPS) is 15.9. The van der Waals surface area contributed by atoms with Gasteiger partial charge >= 0.3 is 0 Å². The Morgan fingerprint density at radius 1 is 1.18 bits per heavy atom. The highest BCUT2D eigenvalue weighted by Gasteiger charge is 2.18. The molecule has 2 nitrogen and oxygen atoms in total. The Morgan fingerprint density at radius 2 is 1.82 bits per heavy atom. The topological polar surface area (TPSA) is 26.3 Å². The van der Waals surface area contributed by atoms with Crippen LogP contribution >= 0.6 is 15.9 Å². The van der Waals surface area contributed by atoms with E-state index in [4.69, 9.17) is 4.74 Å². The van der Waals surface area contributed by atoms with Gasteiger partial charge in [0.1, 0.15) is 5.75 Å². The van der Waals surface area contributed by atoms with E-state index in [1.165, 1.54) is 6.42 Å². The second-order valence-electron chi connectivity index (χ2n) is 4.15. The Bertz CT molecular complexity index is 446. The summed E-state index contributed by atoms with van der Waals surface area (Å²) in [7, 11) is 1.62. The van der Waals surface area contributed by atoms with E-state index in [2.05, 4.69) is 15.9 Å². The number of allylic oxidation sites excluding steroid dienone is 2. The molecule has 0 heterocycles. The zero-order valence-corrected chi connectivity index (χ0v) is 11.4. The van der Waals surface area contributed by atoms with Gasteiger partial charge in [0.15, 0.2) is 5.78 Å². The Kier molecular flexibility index (Phi) is 4.00. The van der Waals surface area contributed by atoms with Crippen LogP contribution in [0.15, 0.2) is 34.3 Å². The number of carbonyl (C=O) groups is 1. The predicted molar refractivity (Wildman–Crippen MR) is 71.7 cm³/mol. The van der Waals surface area contributed by atoms with Gasteiger partial charge in [-0.25, -0.2) is 0 Å². The molecular formula is C14H15BrO2. The highest BCUT2D eigenvalue weighted by Crippen LogP contribution is 2.31. The van der Waals surface area contributed by atoms with E-state index in [-0.39, 0.29) is 5.78 Å². The van der Waals surface area contributed by atoms with Crippen molar-refractivity contribution in [3.8, 4) is 5.75 Å². The van der Waals surface area contributed by atoms with Crippen molar-refractivity contribution >= 4 is 21.7 Å². The number of hydrogen-bond acceptors (Lipinski definition) is 2. The molecule has 0 spiro atoms. The zero-order valence-electron chi connectivity index (χ0n) is 9.83. The van der Waals surface area contributed by atoms with E-state index in [1.807, 2.05) is 24.3 Å². The van der Waals surface area contributed by atoms with E-state index < -0.39 is 0 Å². The summed E-state index contributed by atoms with van der Waals surface area (Å²) in [6.07, 6.45) is 4.13. The fraction of sp³-hybridized carbons (Fsp3) is 0.357. The number of methoxy groups -OCH3 is 1. The minimum Gasteiger partial charge on any atom is -0.497 e. The Labute approximate surface area is 110 Å². The molecule has 0 unspecified atom stereocenters. The fourth-order valence-corrected chi connectivity index (χ4v) is 2.68. The summed E-state index contributed by atoms with van der Waals surface area (Å²) in [6.45, 7) is 0. The number of benzene rings is 1. The van der Waals surface area contributed by atoms with Crippen LogP contribution in [-0.2, 0) is 0 Å². The maximum Gasteiger partial charge on any atom is 0.189 e. The van der Waals surface area contributed by atoms with Gasteiger partial charge in [-0.05, 0) is 49.9 Å². The predicted octanol–water partition coefficient (Wildman–Crippen LogP) is 4.10. The monoisotopic (exact) mass is 294 g/mol. The number of Topliss-reactive ketones (excluding diaryl/α,β-unsaturated/α-hetero) is 1. The molecule has 3 heteroatoms. The number of halogens is 1. The molecule has 17 heavy (non-hydrogen) atoms. The highest BCUT2D eigenvalue weighted by molar-refractivity contribution is 9.11. The lowest BCUT2D eigenvalue weighted by Gasteiger charge is -2.15. The van der Waals surface area contributed by atoms with Gasteiger partial charge in [0, 0.05) is 15.6 Å². The first kappa shape index (κ1) is 12.4. The first-order chi connectivity index (χ1) is 8.22. The third-order valence-electron chi connectivity index (χ3n) is 3.03. The lowest BCUT2D eigenvalue weighted by atomic mass is 9.93. The van der Waals surface area contributed by atoms with Crippen LogP contribution in [0.4, 0.5) is 0 Å². The van der Waals surface area contributed by atoms with Crippen molar-refractivity contribution in [2.45, 2.75) is 25.7 Å². The van der Waals surface area contributed by atoms with Gasteiger partial charge in [-0.3, -0.25) is 4.79 Å². The highest BCUT2D eigenvalue weighted by atomic mass is 79.9. The second kappa shape index (κ2) is 5.50. The molecule has 0 amide bonds. The molecule has 90 valence electrons. The summed E-state index contributed by atoms with van der Waals surface area (Å²) in [5.74, 6) is 0.914. The number of ketones is 1. The van der Waals surface area contributed by atoms with Crippen LogP contribution in [0.5, 0.6) is 5.75 Å². The number of rotatable bonds is 3. The first-order valence-electron chi connectivity index (χ1n) is 5.78. The van der Waals surface area contributed by atoms with Gasteiger partial charge in [0.2, 0.25) is 0 Å². The molecule has 0 aromatic heterocycles. The molecule has 1 aromatic carbocycles. The largest absolute Gasteiger partial charge is 0.497 e. The molecule has 0 bridgehead atoms. The van der Waals surface area contributed by atoms with Crippen molar-refractivity contribution in [2.24, 2.45) is 0 Å². The van der Waals surface area contributed by atoms with Gasteiger partial charge in [0.25, 0.3) is 0 Å². The van der Waals surface area contributed by atoms with Crippen molar-refractivity contribution in [1.29, 1.82) is 0 Å². The average Bonchev–Trinajstić information content (AvgIpc) is 2.39. The van der Waals surface area contributed by atoms with Gasteiger partial charge in [0.05, 0.1) is 7.11 Å². The lowest BCUT2D eigenvalue weighted by molar-refractivity contribution is 0.102. The van der Waals surface area contributed by atoms with Crippen LogP contribution in [-0.4, -0.2) is 12.9 Å². The summed E-state index contributed by atoms with van der Waals surface area (Å²) in [4.78, 5) is 12.3. The average molecular weight is 295 g/mol. The fourth-order valence-electron chi connectivity index (χ4n) is 2.02. The second-order valence-corrected chi connectivity index (χ2v) is 5.11. The Hall–Kier alpha value is -1.09. The van der Waals surface area contributed by atoms with Crippen LogP contribution in [0.3, 0.4) is 0 Å². The minimum atomic E-state index is 0.138. The molecule has 0 atom stereocenters. The molecule has 0 radical (unpaired) electrons.